The zero-order valence-electron chi connectivity index (χ0n) is 8.23. The highest BCUT2D eigenvalue weighted by atomic mass is 16.3. The summed E-state index contributed by atoms with van der Waals surface area (Å²) < 4.78 is 5.24. The van der Waals surface area contributed by atoms with Crippen molar-refractivity contribution in [3.8, 4) is 11.3 Å². The standard InChI is InChI=1S/C12H13NO/c1-2-4-10-5-3-6-11(7-10)12-8-13-9-14-12/h3,5-9H,2,4H2,1H3. The van der Waals surface area contributed by atoms with Crippen molar-refractivity contribution in [3.05, 3.63) is 42.4 Å². The van der Waals surface area contributed by atoms with E-state index in [4.69, 9.17) is 4.42 Å². The number of hydrogen-bond donors (Lipinski definition) is 0. The number of aromatic nitrogens is 1. The molecule has 0 aliphatic rings. The van der Waals surface area contributed by atoms with Gasteiger partial charge in [0.05, 0.1) is 6.20 Å². The van der Waals surface area contributed by atoms with Gasteiger partial charge in [0.15, 0.2) is 12.2 Å². The van der Waals surface area contributed by atoms with Gasteiger partial charge in [-0.3, -0.25) is 0 Å². The highest BCUT2D eigenvalue weighted by molar-refractivity contribution is 5.57. The molecular formula is C12H13NO. The SMILES string of the molecule is CCCc1cccc(-c2cnco2)c1. The molecule has 2 nitrogen and oxygen atoms in total. The molecule has 72 valence electrons. The lowest BCUT2D eigenvalue weighted by atomic mass is 10.1. The van der Waals surface area contributed by atoms with Gasteiger partial charge >= 0.3 is 0 Å². The van der Waals surface area contributed by atoms with Gasteiger partial charge in [-0.2, -0.15) is 0 Å². The summed E-state index contributed by atoms with van der Waals surface area (Å²) in [7, 11) is 0. The number of aryl methyl sites for hydroxylation is 1. The van der Waals surface area contributed by atoms with E-state index in [2.05, 4.69) is 30.1 Å². The van der Waals surface area contributed by atoms with Crippen LogP contribution in [0.15, 0.2) is 41.3 Å². The zero-order valence-corrected chi connectivity index (χ0v) is 8.23. The van der Waals surface area contributed by atoms with Crippen molar-refractivity contribution in [2.75, 3.05) is 0 Å². The minimum absolute atomic E-state index is 0.836. The molecule has 0 spiro atoms. The van der Waals surface area contributed by atoms with E-state index in [9.17, 15) is 0 Å². The first kappa shape index (κ1) is 9.00. The van der Waals surface area contributed by atoms with Crippen LogP contribution in [0.4, 0.5) is 0 Å². The third kappa shape index (κ3) is 1.84. The van der Waals surface area contributed by atoms with E-state index >= 15 is 0 Å². The predicted octanol–water partition coefficient (Wildman–Crippen LogP) is 3.29. The minimum atomic E-state index is 0.836. The fraction of sp³-hybridized carbons (Fsp3) is 0.250. The summed E-state index contributed by atoms with van der Waals surface area (Å²) in [4.78, 5) is 3.91. The highest BCUT2D eigenvalue weighted by Crippen LogP contribution is 2.20. The van der Waals surface area contributed by atoms with Gasteiger partial charge < -0.3 is 4.42 Å². The molecule has 0 amide bonds. The average molecular weight is 187 g/mol. The van der Waals surface area contributed by atoms with Crippen molar-refractivity contribution in [2.24, 2.45) is 0 Å². The normalized spacial score (nSPS) is 10.4. The first-order valence-corrected chi connectivity index (χ1v) is 4.88. The molecule has 1 aromatic carbocycles. The molecule has 0 fully saturated rings. The lowest BCUT2D eigenvalue weighted by Gasteiger charge is -2.00. The van der Waals surface area contributed by atoms with Gasteiger partial charge in [-0.1, -0.05) is 31.5 Å². The number of benzene rings is 1. The summed E-state index contributed by atoms with van der Waals surface area (Å²) in [6.07, 6.45) is 5.48. The largest absolute Gasteiger partial charge is 0.444 e. The number of oxazole rings is 1. The summed E-state index contributed by atoms with van der Waals surface area (Å²) >= 11 is 0. The van der Waals surface area contributed by atoms with Gasteiger partial charge in [0, 0.05) is 5.56 Å². The Balaban J connectivity index is 2.31. The summed E-state index contributed by atoms with van der Waals surface area (Å²) in [5.41, 5.74) is 2.45. The second-order valence-corrected chi connectivity index (χ2v) is 3.32. The van der Waals surface area contributed by atoms with Crippen molar-refractivity contribution < 1.29 is 4.42 Å². The Labute approximate surface area is 83.6 Å². The molecular weight excluding hydrogens is 174 g/mol. The summed E-state index contributed by atoms with van der Waals surface area (Å²) in [6.45, 7) is 2.18. The molecule has 2 heteroatoms. The van der Waals surface area contributed by atoms with Crippen LogP contribution >= 0.6 is 0 Å². The quantitative estimate of drug-likeness (QED) is 0.736. The fourth-order valence-electron chi connectivity index (χ4n) is 1.53. The Morgan fingerprint density at radius 1 is 1.36 bits per heavy atom. The molecule has 0 aliphatic heterocycles. The van der Waals surface area contributed by atoms with Crippen molar-refractivity contribution in [1.82, 2.24) is 4.98 Å². The van der Waals surface area contributed by atoms with E-state index in [1.165, 1.54) is 18.4 Å². The van der Waals surface area contributed by atoms with Crippen molar-refractivity contribution in [1.29, 1.82) is 0 Å². The van der Waals surface area contributed by atoms with Gasteiger partial charge in [-0.15, -0.1) is 0 Å². The summed E-state index contributed by atoms with van der Waals surface area (Å²) in [6, 6.07) is 8.40. The zero-order chi connectivity index (χ0) is 9.80. The Morgan fingerprint density at radius 2 is 2.29 bits per heavy atom. The van der Waals surface area contributed by atoms with Gasteiger partial charge in [-0.25, -0.2) is 4.98 Å². The van der Waals surface area contributed by atoms with Crippen LogP contribution in [-0.2, 0) is 6.42 Å². The monoisotopic (exact) mass is 187 g/mol. The first-order chi connectivity index (χ1) is 6.90. The first-order valence-electron chi connectivity index (χ1n) is 4.88. The van der Waals surface area contributed by atoms with Crippen LogP contribution in [-0.4, -0.2) is 4.98 Å². The Morgan fingerprint density at radius 3 is 3.00 bits per heavy atom. The fourth-order valence-corrected chi connectivity index (χ4v) is 1.53. The molecule has 1 heterocycles. The van der Waals surface area contributed by atoms with Crippen molar-refractivity contribution >= 4 is 0 Å². The second-order valence-electron chi connectivity index (χ2n) is 3.32. The molecule has 1 aromatic heterocycles. The minimum Gasteiger partial charge on any atom is -0.444 e. The van der Waals surface area contributed by atoms with E-state index in [0.717, 1.165) is 17.7 Å². The van der Waals surface area contributed by atoms with Crippen molar-refractivity contribution in [2.45, 2.75) is 19.8 Å². The number of rotatable bonds is 3. The van der Waals surface area contributed by atoms with E-state index in [1.807, 2.05) is 6.07 Å². The van der Waals surface area contributed by atoms with E-state index in [1.54, 1.807) is 6.20 Å². The van der Waals surface area contributed by atoms with Crippen LogP contribution in [0, 0.1) is 0 Å². The lowest BCUT2D eigenvalue weighted by Crippen LogP contribution is -1.83. The molecule has 0 unspecified atom stereocenters. The van der Waals surface area contributed by atoms with Gasteiger partial charge in [-0.05, 0) is 18.1 Å². The molecule has 0 radical (unpaired) electrons. The van der Waals surface area contributed by atoms with Gasteiger partial charge in [0.2, 0.25) is 0 Å². The smallest absolute Gasteiger partial charge is 0.181 e. The molecule has 0 saturated carbocycles. The molecule has 0 aliphatic carbocycles. The Kier molecular flexibility index (Phi) is 2.63. The number of nitrogens with zero attached hydrogens (tertiary/aromatic N) is 1. The van der Waals surface area contributed by atoms with Gasteiger partial charge in [0.25, 0.3) is 0 Å². The van der Waals surface area contributed by atoms with Crippen LogP contribution in [0.5, 0.6) is 0 Å². The number of hydrogen-bond acceptors (Lipinski definition) is 2. The Hall–Kier alpha value is -1.57. The van der Waals surface area contributed by atoms with Crippen LogP contribution in [0.1, 0.15) is 18.9 Å². The highest BCUT2D eigenvalue weighted by Gasteiger charge is 2.01. The maximum absolute atomic E-state index is 5.24. The molecule has 0 atom stereocenters. The van der Waals surface area contributed by atoms with E-state index in [0.29, 0.717) is 0 Å². The summed E-state index contributed by atoms with van der Waals surface area (Å²) in [5, 5.41) is 0. The van der Waals surface area contributed by atoms with E-state index in [-0.39, 0.29) is 0 Å². The molecule has 0 bridgehead atoms. The van der Waals surface area contributed by atoms with Crippen LogP contribution in [0.3, 0.4) is 0 Å². The molecule has 2 rings (SSSR count). The van der Waals surface area contributed by atoms with Crippen LogP contribution in [0.25, 0.3) is 11.3 Å². The Bertz CT molecular complexity index is 392. The summed E-state index contributed by atoms with van der Waals surface area (Å²) in [5.74, 6) is 0.836. The topological polar surface area (TPSA) is 26.0 Å². The average Bonchev–Trinajstić information content (AvgIpc) is 2.71. The van der Waals surface area contributed by atoms with Crippen molar-refractivity contribution in [3.63, 3.8) is 0 Å². The van der Waals surface area contributed by atoms with Crippen LogP contribution in [0.2, 0.25) is 0 Å². The molecule has 0 N–H and O–H groups in total. The third-order valence-electron chi connectivity index (χ3n) is 2.18. The van der Waals surface area contributed by atoms with E-state index < -0.39 is 0 Å². The third-order valence-corrected chi connectivity index (χ3v) is 2.18. The predicted molar refractivity (Wildman–Crippen MR) is 55.9 cm³/mol. The molecule has 14 heavy (non-hydrogen) atoms. The van der Waals surface area contributed by atoms with Crippen LogP contribution < -0.4 is 0 Å². The maximum atomic E-state index is 5.24. The molecule has 0 saturated heterocycles. The molecule has 2 aromatic rings. The second kappa shape index (κ2) is 4.09. The maximum Gasteiger partial charge on any atom is 0.181 e. The van der Waals surface area contributed by atoms with Gasteiger partial charge in [0.1, 0.15) is 0 Å². The lowest BCUT2D eigenvalue weighted by molar-refractivity contribution is 0.572.